The van der Waals surface area contributed by atoms with E-state index >= 15 is 0 Å². The average Bonchev–Trinajstić information content (AvgIpc) is 2.94. The van der Waals surface area contributed by atoms with Crippen molar-refractivity contribution in [1.29, 1.82) is 0 Å². The summed E-state index contributed by atoms with van der Waals surface area (Å²) in [4.78, 5) is 16.4. The molecule has 1 amide bonds. The topological polar surface area (TPSA) is 46.4 Å². The summed E-state index contributed by atoms with van der Waals surface area (Å²) in [7, 11) is 0. The Bertz CT molecular complexity index is 703. The van der Waals surface area contributed by atoms with Gasteiger partial charge in [0.1, 0.15) is 5.65 Å². The van der Waals surface area contributed by atoms with Gasteiger partial charge in [0.05, 0.1) is 5.56 Å². The highest BCUT2D eigenvalue weighted by molar-refractivity contribution is 5.99. The molecule has 0 spiro atoms. The van der Waals surface area contributed by atoms with Crippen LogP contribution in [0.25, 0.3) is 5.65 Å². The Balaban J connectivity index is 1.79. The summed E-state index contributed by atoms with van der Waals surface area (Å²) >= 11 is 0. The van der Waals surface area contributed by atoms with Crippen molar-refractivity contribution in [2.45, 2.75) is 6.54 Å². The van der Waals surface area contributed by atoms with Crippen molar-refractivity contribution in [1.82, 2.24) is 14.7 Å². The molecule has 2 heterocycles. The molecule has 0 aliphatic rings. The molecule has 0 atom stereocenters. The first-order valence-corrected chi connectivity index (χ1v) is 6.08. The number of nitrogens with zero attached hydrogens (tertiary/aromatic N) is 2. The van der Waals surface area contributed by atoms with Gasteiger partial charge in [-0.25, -0.2) is 4.98 Å². The van der Waals surface area contributed by atoms with Crippen LogP contribution in [-0.2, 0) is 6.54 Å². The number of fused-ring (bicyclic) bond motifs is 1. The first kappa shape index (κ1) is 11.5. The van der Waals surface area contributed by atoms with E-state index in [2.05, 4.69) is 10.3 Å². The van der Waals surface area contributed by atoms with Crippen LogP contribution in [0, 0.1) is 0 Å². The molecule has 94 valence electrons. The Morgan fingerprint density at radius 1 is 1.11 bits per heavy atom. The number of rotatable bonds is 3. The number of amides is 1. The molecule has 4 heteroatoms. The number of benzene rings is 1. The number of imidazole rings is 1. The maximum Gasteiger partial charge on any atom is 0.255 e. The number of carbonyl (C=O) groups is 1. The Hall–Kier alpha value is -2.62. The molecule has 1 N–H and O–H groups in total. The molecule has 0 fully saturated rings. The van der Waals surface area contributed by atoms with Gasteiger partial charge in [-0.3, -0.25) is 4.79 Å². The van der Waals surface area contributed by atoms with Gasteiger partial charge in [-0.2, -0.15) is 0 Å². The fourth-order valence-electron chi connectivity index (χ4n) is 2.00. The molecular weight excluding hydrogens is 238 g/mol. The molecular formula is C15H13N3O. The van der Waals surface area contributed by atoms with Crippen molar-refractivity contribution in [2.75, 3.05) is 0 Å². The fraction of sp³-hybridized carbons (Fsp3) is 0.0667. The largest absolute Gasteiger partial charge is 0.348 e. The Labute approximate surface area is 110 Å². The quantitative estimate of drug-likeness (QED) is 0.776. The first-order chi connectivity index (χ1) is 9.34. The van der Waals surface area contributed by atoms with E-state index in [0.717, 1.165) is 5.56 Å². The van der Waals surface area contributed by atoms with E-state index in [1.807, 2.05) is 53.2 Å². The van der Waals surface area contributed by atoms with Crippen LogP contribution >= 0.6 is 0 Å². The molecule has 19 heavy (non-hydrogen) atoms. The van der Waals surface area contributed by atoms with Gasteiger partial charge in [-0.05, 0) is 17.7 Å². The van der Waals surface area contributed by atoms with Crippen LogP contribution in [0.1, 0.15) is 15.9 Å². The molecule has 3 rings (SSSR count). The summed E-state index contributed by atoms with van der Waals surface area (Å²) in [6.07, 6.45) is 5.38. The minimum Gasteiger partial charge on any atom is -0.348 e. The molecule has 0 aliphatic heterocycles. The van der Waals surface area contributed by atoms with Crippen LogP contribution in [0.15, 0.2) is 61.1 Å². The van der Waals surface area contributed by atoms with Crippen molar-refractivity contribution in [3.8, 4) is 0 Å². The lowest BCUT2D eigenvalue weighted by molar-refractivity contribution is 0.0952. The van der Waals surface area contributed by atoms with Gasteiger partial charge in [-0.1, -0.05) is 30.3 Å². The molecule has 0 saturated carbocycles. The maximum absolute atomic E-state index is 12.2. The second-order valence-electron chi connectivity index (χ2n) is 4.25. The standard InChI is InChI=1S/C15H13N3O/c19-15(17-11-12-5-2-1-3-6-12)13-7-4-9-18-10-8-16-14(13)18/h1-10H,11H2,(H,17,19). The average molecular weight is 251 g/mol. The lowest BCUT2D eigenvalue weighted by Gasteiger charge is -2.06. The van der Waals surface area contributed by atoms with Crippen LogP contribution in [0.4, 0.5) is 0 Å². The van der Waals surface area contributed by atoms with Gasteiger partial charge < -0.3 is 9.72 Å². The van der Waals surface area contributed by atoms with Gasteiger partial charge in [0.2, 0.25) is 0 Å². The molecule has 0 aliphatic carbocycles. The van der Waals surface area contributed by atoms with Crippen molar-refractivity contribution < 1.29 is 4.79 Å². The fourth-order valence-corrected chi connectivity index (χ4v) is 2.00. The summed E-state index contributed by atoms with van der Waals surface area (Å²) in [6, 6.07) is 13.5. The zero-order chi connectivity index (χ0) is 13.1. The van der Waals surface area contributed by atoms with E-state index in [9.17, 15) is 4.79 Å². The number of hydrogen-bond acceptors (Lipinski definition) is 2. The lowest BCUT2D eigenvalue weighted by atomic mass is 10.2. The molecule has 2 aromatic heterocycles. The molecule has 0 saturated heterocycles. The number of pyridine rings is 1. The Kier molecular flexibility index (Phi) is 2.98. The van der Waals surface area contributed by atoms with Gasteiger partial charge in [-0.15, -0.1) is 0 Å². The van der Waals surface area contributed by atoms with E-state index in [1.54, 1.807) is 12.3 Å². The van der Waals surface area contributed by atoms with E-state index in [-0.39, 0.29) is 5.91 Å². The Morgan fingerprint density at radius 2 is 1.95 bits per heavy atom. The second kappa shape index (κ2) is 4.94. The van der Waals surface area contributed by atoms with Crippen LogP contribution in [0.5, 0.6) is 0 Å². The van der Waals surface area contributed by atoms with Crippen molar-refractivity contribution >= 4 is 11.6 Å². The van der Waals surface area contributed by atoms with Crippen molar-refractivity contribution in [2.24, 2.45) is 0 Å². The van der Waals surface area contributed by atoms with Crippen LogP contribution in [-0.4, -0.2) is 15.3 Å². The maximum atomic E-state index is 12.2. The van der Waals surface area contributed by atoms with Gasteiger partial charge in [0.25, 0.3) is 5.91 Å². The van der Waals surface area contributed by atoms with E-state index in [1.165, 1.54) is 0 Å². The lowest BCUT2D eigenvalue weighted by Crippen LogP contribution is -2.23. The van der Waals surface area contributed by atoms with Crippen molar-refractivity contribution in [3.63, 3.8) is 0 Å². The zero-order valence-corrected chi connectivity index (χ0v) is 10.3. The second-order valence-corrected chi connectivity index (χ2v) is 4.25. The molecule has 3 aromatic rings. The molecule has 0 radical (unpaired) electrons. The first-order valence-electron chi connectivity index (χ1n) is 6.08. The zero-order valence-electron chi connectivity index (χ0n) is 10.3. The van der Waals surface area contributed by atoms with E-state index in [4.69, 9.17) is 0 Å². The third-order valence-electron chi connectivity index (χ3n) is 2.96. The number of carbonyl (C=O) groups excluding carboxylic acids is 1. The van der Waals surface area contributed by atoms with Crippen LogP contribution < -0.4 is 5.32 Å². The summed E-state index contributed by atoms with van der Waals surface area (Å²) < 4.78 is 1.83. The molecule has 0 bridgehead atoms. The molecule has 1 aromatic carbocycles. The van der Waals surface area contributed by atoms with Crippen LogP contribution in [0.2, 0.25) is 0 Å². The molecule has 4 nitrogen and oxygen atoms in total. The van der Waals surface area contributed by atoms with Gasteiger partial charge >= 0.3 is 0 Å². The smallest absolute Gasteiger partial charge is 0.255 e. The predicted octanol–water partition coefficient (Wildman–Crippen LogP) is 2.26. The monoisotopic (exact) mass is 251 g/mol. The number of hydrogen-bond donors (Lipinski definition) is 1. The van der Waals surface area contributed by atoms with E-state index < -0.39 is 0 Å². The summed E-state index contributed by atoms with van der Waals surface area (Å²) in [6.45, 7) is 0.515. The Morgan fingerprint density at radius 3 is 2.79 bits per heavy atom. The SMILES string of the molecule is O=C(NCc1ccccc1)c1cccn2ccnc12. The highest BCUT2D eigenvalue weighted by Crippen LogP contribution is 2.08. The van der Waals surface area contributed by atoms with Crippen LogP contribution in [0.3, 0.4) is 0 Å². The molecule has 0 unspecified atom stereocenters. The normalized spacial score (nSPS) is 10.5. The highest BCUT2D eigenvalue weighted by atomic mass is 16.1. The van der Waals surface area contributed by atoms with E-state index in [0.29, 0.717) is 17.8 Å². The highest BCUT2D eigenvalue weighted by Gasteiger charge is 2.10. The minimum atomic E-state index is -0.111. The summed E-state index contributed by atoms with van der Waals surface area (Å²) in [5.74, 6) is -0.111. The summed E-state index contributed by atoms with van der Waals surface area (Å²) in [5, 5.41) is 2.90. The number of aromatic nitrogens is 2. The van der Waals surface area contributed by atoms with Gasteiger partial charge in [0, 0.05) is 25.1 Å². The third-order valence-corrected chi connectivity index (χ3v) is 2.96. The summed E-state index contributed by atoms with van der Waals surface area (Å²) in [5.41, 5.74) is 2.34. The number of nitrogens with one attached hydrogen (secondary N) is 1. The predicted molar refractivity (Wildman–Crippen MR) is 72.8 cm³/mol. The van der Waals surface area contributed by atoms with Crippen molar-refractivity contribution in [3.05, 3.63) is 72.2 Å². The third kappa shape index (κ3) is 2.33. The van der Waals surface area contributed by atoms with Gasteiger partial charge in [0.15, 0.2) is 0 Å². The minimum absolute atomic E-state index is 0.111.